The van der Waals surface area contributed by atoms with Crippen molar-refractivity contribution in [3.05, 3.63) is 29.8 Å². The molecule has 2 atom stereocenters. The molecule has 0 fully saturated rings. The first-order valence-electron chi connectivity index (χ1n) is 5.94. The third-order valence-corrected chi connectivity index (χ3v) is 2.84. The number of amides is 1. The normalized spacial score (nSPS) is 18.2. The Bertz CT molecular complexity index is 385. The zero-order chi connectivity index (χ0) is 12.3. The fraction of sp³-hybridized carbons (Fsp3) is 0.462. The molecule has 0 aromatic heterocycles. The van der Waals surface area contributed by atoms with E-state index >= 15 is 0 Å². The van der Waals surface area contributed by atoms with Gasteiger partial charge in [0.05, 0.1) is 0 Å². The van der Waals surface area contributed by atoms with Crippen LogP contribution in [-0.2, 0) is 11.2 Å². The highest BCUT2D eigenvalue weighted by molar-refractivity contribution is 5.85. The maximum Gasteiger partial charge on any atom is 0.261 e. The molecule has 3 N–H and O–H groups in total. The van der Waals surface area contributed by atoms with E-state index in [2.05, 4.69) is 5.32 Å². The van der Waals surface area contributed by atoms with Crippen molar-refractivity contribution in [2.75, 3.05) is 6.54 Å². The minimum atomic E-state index is -0.388. The number of halogens is 1. The molecule has 5 heteroatoms. The number of fused-ring (bicyclic) bond motifs is 1. The Labute approximate surface area is 113 Å². The smallest absolute Gasteiger partial charge is 0.261 e. The predicted octanol–water partition coefficient (Wildman–Crippen LogP) is 1.27. The Morgan fingerprint density at radius 2 is 2.28 bits per heavy atom. The van der Waals surface area contributed by atoms with Crippen molar-refractivity contribution in [3.8, 4) is 5.75 Å². The van der Waals surface area contributed by atoms with Gasteiger partial charge in [0.25, 0.3) is 5.91 Å². The highest BCUT2D eigenvalue weighted by Gasteiger charge is 2.28. The van der Waals surface area contributed by atoms with Gasteiger partial charge in [0.15, 0.2) is 6.10 Å². The minimum absolute atomic E-state index is 0. The number of nitrogens with one attached hydrogen (secondary N) is 1. The van der Waals surface area contributed by atoms with Gasteiger partial charge in [-0.1, -0.05) is 18.2 Å². The second-order valence-electron chi connectivity index (χ2n) is 4.48. The van der Waals surface area contributed by atoms with Crippen LogP contribution in [0.25, 0.3) is 0 Å². The van der Waals surface area contributed by atoms with Crippen LogP contribution in [0.15, 0.2) is 24.3 Å². The number of hydrogen-bond donors (Lipinski definition) is 2. The summed E-state index contributed by atoms with van der Waals surface area (Å²) in [5.41, 5.74) is 6.72. The molecule has 0 bridgehead atoms. The maximum atomic E-state index is 11.8. The monoisotopic (exact) mass is 270 g/mol. The van der Waals surface area contributed by atoms with Crippen LogP contribution in [0.1, 0.15) is 18.9 Å². The minimum Gasteiger partial charge on any atom is -0.480 e. The number of carbonyl (C=O) groups excluding carboxylic acids is 1. The fourth-order valence-corrected chi connectivity index (χ4v) is 1.87. The molecule has 1 amide bonds. The van der Waals surface area contributed by atoms with Gasteiger partial charge in [-0.3, -0.25) is 4.79 Å². The molecule has 1 aromatic rings. The highest BCUT2D eigenvalue weighted by Crippen LogP contribution is 2.27. The van der Waals surface area contributed by atoms with E-state index < -0.39 is 0 Å². The van der Waals surface area contributed by atoms with Gasteiger partial charge in [0.2, 0.25) is 0 Å². The fourth-order valence-electron chi connectivity index (χ4n) is 1.87. The molecule has 2 rings (SSSR count). The molecule has 1 aliphatic heterocycles. The average Bonchev–Trinajstić information content (AvgIpc) is 2.71. The highest BCUT2D eigenvalue weighted by atomic mass is 35.5. The SMILES string of the molecule is CC(N)CCNC(=O)C1Cc2ccccc2O1.Cl. The molecule has 2 unspecified atom stereocenters. The van der Waals surface area contributed by atoms with E-state index in [0.29, 0.717) is 13.0 Å². The third kappa shape index (κ3) is 3.62. The summed E-state index contributed by atoms with van der Waals surface area (Å²) < 4.78 is 5.58. The van der Waals surface area contributed by atoms with Crippen LogP contribution in [0.4, 0.5) is 0 Å². The van der Waals surface area contributed by atoms with Gasteiger partial charge >= 0.3 is 0 Å². The molecule has 100 valence electrons. The summed E-state index contributed by atoms with van der Waals surface area (Å²) in [5, 5.41) is 2.85. The summed E-state index contributed by atoms with van der Waals surface area (Å²) >= 11 is 0. The van der Waals surface area contributed by atoms with Crippen LogP contribution < -0.4 is 15.8 Å². The van der Waals surface area contributed by atoms with E-state index in [1.165, 1.54) is 0 Å². The molecular formula is C13H19ClN2O2. The Morgan fingerprint density at radius 1 is 1.56 bits per heavy atom. The summed E-state index contributed by atoms with van der Waals surface area (Å²) in [4.78, 5) is 11.8. The molecule has 0 saturated carbocycles. The second-order valence-corrected chi connectivity index (χ2v) is 4.48. The summed E-state index contributed by atoms with van der Waals surface area (Å²) in [6.07, 6.45) is 1.05. The van der Waals surface area contributed by atoms with Crippen LogP contribution in [-0.4, -0.2) is 24.6 Å². The lowest BCUT2D eigenvalue weighted by Crippen LogP contribution is -2.39. The van der Waals surface area contributed by atoms with E-state index in [-0.39, 0.29) is 30.5 Å². The van der Waals surface area contributed by atoms with Crippen molar-refractivity contribution in [3.63, 3.8) is 0 Å². The number of ether oxygens (including phenoxy) is 1. The molecule has 4 nitrogen and oxygen atoms in total. The van der Waals surface area contributed by atoms with Crippen molar-refractivity contribution in [2.24, 2.45) is 5.73 Å². The van der Waals surface area contributed by atoms with Crippen molar-refractivity contribution < 1.29 is 9.53 Å². The number of hydrogen-bond acceptors (Lipinski definition) is 3. The largest absolute Gasteiger partial charge is 0.480 e. The molecule has 1 heterocycles. The number of rotatable bonds is 4. The molecule has 18 heavy (non-hydrogen) atoms. The Hall–Kier alpha value is -1.26. The number of carbonyl (C=O) groups is 1. The summed E-state index contributed by atoms with van der Waals surface area (Å²) in [5.74, 6) is 0.765. The molecule has 0 radical (unpaired) electrons. The van der Waals surface area contributed by atoms with Crippen molar-refractivity contribution in [1.29, 1.82) is 0 Å². The zero-order valence-corrected chi connectivity index (χ0v) is 11.2. The van der Waals surface area contributed by atoms with Gasteiger partial charge in [-0.15, -0.1) is 12.4 Å². The zero-order valence-electron chi connectivity index (χ0n) is 10.4. The summed E-state index contributed by atoms with van der Waals surface area (Å²) in [7, 11) is 0. The van der Waals surface area contributed by atoms with Crippen LogP contribution >= 0.6 is 12.4 Å². The molecule has 1 aliphatic rings. The predicted molar refractivity (Wildman–Crippen MR) is 73.1 cm³/mol. The van der Waals surface area contributed by atoms with Gasteiger partial charge in [0.1, 0.15) is 5.75 Å². The number of para-hydroxylation sites is 1. The van der Waals surface area contributed by atoms with Gasteiger partial charge in [-0.2, -0.15) is 0 Å². The lowest BCUT2D eigenvalue weighted by Gasteiger charge is -2.12. The lowest BCUT2D eigenvalue weighted by atomic mass is 10.1. The first-order chi connectivity index (χ1) is 8.16. The first-order valence-corrected chi connectivity index (χ1v) is 5.94. The quantitative estimate of drug-likeness (QED) is 0.866. The summed E-state index contributed by atoms with van der Waals surface area (Å²) in [6.45, 7) is 2.53. The van der Waals surface area contributed by atoms with E-state index in [0.717, 1.165) is 17.7 Å². The van der Waals surface area contributed by atoms with Crippen molar-refractivity contribution >= 4 is 18.3 Å². The molecule has 1 aromatic carbocycles. The molecule has 0 aliphatic carbocycles. The topological polar surface area (TPSA) is 64.3 Å². The standard InChI is InChI=1S/C13H18N2O2.ClH/c1-9(14)6-7-15-13(16)12-8-10-4-2-3-5-11(10)17-12;/h2-5,9,12H,6-8,14H2,1H3,(H,15,16);1H. The summed E-state index contributed by atoms with van der Waals surface area (Å²) in [6, 6.07) is 7.86. The van der Waals surface area contributed by atoms with Crippen molar-refractivity contribution in [2.45, 2.75) is 31.9 Å². The van der Waals surface area contributed by atoms with Crippen LogP contribution in [0.5, 0.6) is 5.75 Å². The van der Waals surface area contributed by atoms with Gasteiger partial charge in [0, 0.05) is 19.0 Å². The van der Waals surface area contributed by atoms with Crippen LogP contribution in [0.3, 0.4) is 0 Å². The average molecular weight is 271 g/mol. The molecule has 0 saturated heterocycles. The second kappa shape index (κ2) is 6.61. The molecule has 0 spiro atoms. The van der Waals surface area contributed by atoms with Crippen molar-refractivity contribution in [1.82, 2.24) is 5.32 Å². The Morgan fingerprint density at radius 3 is 2.94 bits per heavy atom. The number of nitrogens with two attached hydrogens (primary N) is 1. The Balaban J connectivity index is 0.00000162. The van der Waals surface area contributed by atoms with Gasteiger partial charge in [-0.25, -0.2) is 0 Å². The Kier molecular flexibility index (Phi) is 5.44. The van der Waals surface area contributed by atoms with Crippen LogP contribution in [0, 0.1) is 0 Å². The van der Waals surface area contributed by atoms with E-state index in [1.54, 1.807) is 0 Å². The third-order valence-electron chi connectivity index (χ3n) is 2.84. The van der Waals surface area contributed by atoms with Gasteiger partial charge < -0.3 is 15.8 Å². The maximum absolute atomic E-state index is 11.8. The van der Waals surface area contributed by atoms with Gasteiger partial charge in [-0.05, 0) is 25.0 Å². The van der Waals surface area contributed by atoms with E-state index in [9.17, 15) is 4.79 Å². The van der Waals surface area contributed by atoms with E-state index in [1.807, 2.05) is 31.2 Å². The lowest BCUT2D eigenvalue weighted by molar-refractivity contribution is -0.127. The number of benzene rings is 1. The molecular weight excluding hydrogens is 252 g/mol. The van der Waals surface area contributed by atoms with Crippen LogP contribution in [0.2, 0.25) is 0 Å². The van der Waals surface area contributed by atoms with E-state index in [4.69, 9.17) is 10.5 Å². The first kappa shape index (κ1) is 14.8.